The predicted octanol–water partition coefficient (Wildman–Crippen LogP) is 1.89. The first kappa shape index (κ1) is 15.9. The monoisotopic (exact) mass is 307 g/mol. The summed E-state index contributed by atoms with van der Waals surface area (Å²) in [5.41, 5.74) is 6.11. The van der Waals surface area contributed by atoms with Crippen molar-refractivity contribution in [1.82, 2.24) is 9.71 Å². The van der Waals surface area contributed by atoms with Crippen molar-refractivity contribution in [3.63, 3.8) is 0 Å². The first-order chi connectivity index (χ1) is 9.75. The molecule has 114 valence electrons. The van der Waals surface area contributed by atoms with Crippen LogP contribution in [0.2, 0.25) is 0 Å². The number of hydrogen-bond donors (Lipinski definition) is 2. The molecule has 2 rings (SSSR count). The Labute approximate surface area is 125 Å². The largest absolute Gasteiger partial charge is 0.329 e. The normalized spacial score (nSPS) is 14.3. The number of nitrogens with two attached hydrogens (primary N) is 1. The van der Waals surface area contributed by atoms with Crippen molar-refractivity contribution in [3.8, 4) is 0 Å². The van der Waals surface area contributed by atoms with Gasteiger partial charge >= 0.3 is 0 Å². The molecule has 2 aromatic rings. The highest BCUT2D eigenvalue weighted by Crippen LogP contribution is 2.24. The highest BCUT2D eigenvalue weighted by Gasteiger charge is 2.29. The molecule has 0 bridgehead atoms. The van der Waals surface area contributed by atoms with Crippen LogP contribution in [0.15, 0.2) is 41.4 Å². The van der Waals surface area contributed by atoms with Crippen LogP contribution in [0, 0.1) is 5.41 Å². The van der Waals surface area contributed by atoms with Crippen molar-refractivity contribution >= 4 is 20.9 Å². The molecule has 3 N–H and O–H groups in total. The molecule has 0 aliphatic heterocycles. The second-order valence-corrected chi connectivity index (χ2v) is 7.78. The summed E-state index contributed by atoms with van der Waals surface area (Å²) in [5.74, 6) is 0. The Balaban J connectivity index is 2.48. The Kier molecular flexibility index (Phi) is 4.32. The summed E-state index contributed by atoms with van der Waals surface area (Å²) in [7, 11) is -3.65. The van der Waals surface area contributed by atoms with Gasteiger partial charge in [0, 0.05) is 24.2 Å². The number of rotatable bonds is 4. The molecule has 1 heterocycles. The topological polar surface area (TPSA) is 85.1 Å². The zero-order chi connectivity index (χ0) is 15.7. The van der Waals surface area contributed by atoms with Crippen molar-refractivity contribution < 1.29 is 8.42 Å². The van der Waals surface area contributed by atoms with E-state index in [1.54, 1.807) is 36.5 Å². The molecule has 21 heavy (non-hydrogen) atoms. The third-order valence-electron chi connectivity index (χ3n) is 3.47. The average Bonchev–Trinajstić information content (AvgIpc) is 2.43. The van der Waals surface area contributed by atoms with Gasteiger partial charge in [0.05, 0.1) is 10.4 Å². The Morgan fingerprint density at radius 2 is 1.95 bits per heavy atom. The lowest BCUT2D eigenvalue weighted by molar-refractivity contribution is 0.304. The highest BCUT2D eigenvalue weighted by molar-refractivity contribution is 7.89. The van der Waals surface area contributed by atoms with Crippen LogP contribution >= 0.6 is 0 Å². The van der Waals surface area contributed by atoms with Crippen LogP contribution in [0.4, 0.5) is 0 Å². The zero-order valence-corrected chi connectivity index (χ0v) is 13.3. The molecule has 0 fully saturated rings. The van der Waals surface area contributed by atoms with E-state index in [1.807, 2.05) is 20.8 Å². The van der Waals surface area contributed by atoms with E-state index in [-0.39, 0.29) is 22.9 Å². The van der Waals surface area contributed by atoms with Crippen LogP contribution in [0.3, 0.4) is 0 Å². The van der Waals surface area contributed by atoms with Crippen molar-refractivity contribution in [3.05, 3.63) is 36.5 Å². The Hall–Kier alpha value is -1.50. The molecular formula is C15H21N3O2S. The minimum Gasteiger partial charge on any atom is -0.329 e. The van der Waals surface area contributed by atoms with Crippen LogP contribution in [0.5, 0.6) is 0 Å². The second-order valence-electron chi connectivity index (χ2n) is 6.10. The molecule has 1 aromatic heterocycles. The van der Waals surface area contributed by atoms with E-state index in [9.17, 15) is 8.42 Å². The second kappa shape index (κ2) is 5.71. The summed E-state index contributed by atoms with van der Waals surface area (Å²) in [6, 6.07) is 8.21. The molecule has 0 aliphatic carbocycles. The Morgan fingerprint density at radius 1 is 1.24 bits per heavy atom. The number of sulfonamides is 1. The van der Waals surface area contributed by atoms with Gasteiger partial charge in [-0.15, -0.1) is 0 Å². The Bertz CT molecular complexity index is 731. The maximum Gasteiger partial charge on any atom is 0.241 e. The van der Waals surface area contributed by atoms with Crippen molar-refractivity contribution in [2.45, 2.75) is 31.7 Å². The van der Waals surface area contributed by atoms with Gasteiger partial charge in [-0.1, -0.05) is 26.8 Å². The number of benzene rings is 1. The van der Waals surface area contributed by atoms with Gasteiger partial charge in [-0.2, -0.15) is 0 Å². The number of hydrogen-bond acceptors (Lipinski definition) is 4. The lowest BCUT2D eigenvalue weighted by Gasteiger charge is -2.30. The molecule has 0 amide bonds. The van der Waals surface area contributed by atoms with Crippen LogP contribution in [0.1, 0.15) is 20.8 Å². The van der Waals surface area contributed by atoms with E-state index < -0.39 is 10.0 Å². The van der Waals surface area contributed by atoms with E-state index in [0.717, 1.165) is 0 Å². The predicted molar refractivity (Wildman–Crippen MR) is 84.4 cm³/mol. The summed E-state index contributed by atoms with van der Waals surface area (Å²) in [4.78, 5) is 4.42. The molecule has 0 spiro atoms. The van der Waals surface area contributed by atoms with Crippen molar-refractivity contribution in [1.29, 1.82) is 0 Å². The fourth-order valence-corrected chi connectivity index (χ4v) is 3.81. The highest BCUT2D eigenvalue weighted by atomic mass is 32.2. The number of aromatic nitrogens is 1. The molecule has 6 heteroatoms. The van der Waals surface area contributed by atoms with Crippen LogP contribution in [0.25, 0.3) is 10.9 Å². The maximum atomic E-state index is 12.7. The third kappa shape index (κ3) is 3.40. The van der Waals surface area contributed by atoms with Gasteiger partial charge in [-0.25, -0.2) is 13.1 Å². The Morgan fingerprint density at radius 3 is 2.57 bits per heavy atom. The number of pyridine rings is 1. The molecule has 1 aromatic carbocycles. The van der Waals surface area contributed by atoms with E-state index in [4.69, 9.17) is 5.73 Å². The first-order valence-electron chi connectivity index (χ1n) is 6.82. The minimum atomic E-state index is -3.65. The summed E-state index contributed by atoms with van der Waals surface area (Å²) >= 11 is 0. The summed E-state index contributed by atoms with van der Waals surface area (Å²) in [6.45, 7) is 6.11. The van der Waals surface area contributed by atoms with Gasteiger partial charge in [0.1, 0.15) is 0 Å². The lowest BCUT2D eigenvalue weighted by Crippen LogP contribution is -2.48. The van der Waals surface area contributed by atoms with Gasteiger partial charge in [-0.3, -0.25) is 4.98 Å². The first-order valence-corrected chi connectivity index (χ1v) is 8.30. The third-order valence-corrected chi connectivity index (χ3v) is 5.00. The molecule has 1 unspecified atom stereocenters. The van der Waals surface area contributed by atoms with Crippen molar-refractivity contribution in [2.75, 3.05) is 6.54 Å². The summed E-state index contributed by atoms with van der Waals surface area (Å²) in [5, 5.41) is 0.609. The van der Waals surface area contributed by atoms with Crippen molar-refractivity contribution in [2.24, 2.45) is 11.1 Å². The molecule has 1 atom stereocenters. The fraction of sp³-hybridized carbons (Fsp3) is 0.400. The SMILES string of the molecule is CC(C)(C)C(CN)NS(=O)(=O)c1cccc2ncccc12. The molecule has 0 aliphatic rings. The van der Waals surface area contributed by atoms with E-state index >= 15 is 0 Å². The lowest BCUT2D eigenvalue weighted by atomic mass is 9.88. The fourth-order valence-electron chi connectivity index (χ4n) is 2.14. The van der Waals surface area contributed by atoms with Crippen LogP contribution in [-0.2, 0) is 10.0 Å². The smallest absolute Gasteiger partial charge is 0.241 e. The number of nitrogens with one attached hydrogen (secondary N) is 1. The molecule has 5 nitrogen and oxygen atoms in total. The van der Waals surface area contributed by atoms with E-state index in [1.165, 1.54) is 0 Å². The average molecular weight is 307 g/mol. The summed E-state index contributed by atoms with van der Waals surface area (Å²) in [6.07, 6.45) is 1.64. The molecule has 0 radical (unpaired) electrons. The molecule has 0 saturated carbocycles. The number of nitrogens with zero attached hydrogens (tertiary/aromatic N) is 1. The standard InChI is InChI=1S/C15H21N3O2S/c1-15(2,3)14(10-16)18-21(19,20)13-8-4-7-12-11(13)6-5-9-17-12/h4-9,14,18H,10,16H2,1-3H3. The minimum absolute atomic E-state index is 0.232. The molecule has 0 saturated heterocycles. The van der Waals surface area contributed by atoms with E-state index in [0.29, 0.717) is 10.9 Å². The van der Waals surface area contributed by atoms with Crippen LogP contribution in [-0.4, -0.2) is 26.0 Å². The van der Waals surface area contributed by atoms with Gasteiger partial charge in [0.25, 0.3) is 0 Å². The summed E-state index contributed by atoms with van der Waals surface area (Å²) < 4.78 is 28.0. The van der Waals surface area contributed by atoms with Crippen LogP contribution < -0.4 is 10.5 Å². The maximum absolute atomic E-state index is 12.7. The number of fused-ring (bicyclic) bond motifs is 1. The van der Waals surface area contributed by atoms with Gasteiger partial charge in [0.2, 0.25) is 10.0 Å². The van der Waals surface area contributed by atoms with Gasteiger partial charge < -0.3 is 5.73 Å². The van der Waals surface area contributed by atoms with Gasteiger partial charge in [-0.05, 0) is 29.7 Å². The quantitative estimate of drug-likeness (QED) is 0.903. The zero-order valence-electron chi connectivity index (χ0n) is 12.5. The van der Waals surface area contributed by atoms with E-state index in [2.05, 4.69) is 9.71 Å². The molecular weight excluding hydrogens is 286 g/mol. The van der Waals surface area contributed by atoms with Gasteiger partial charge in [0.15, 0.2) is 0 Å².